The first-order valence-corrected chi connectivity index (χ1v) is 9.09. The van der Waals surface area contributed by atoms with Crippen molar-refractivity contribution in [3.63, 3.8) is 0 Å². The fraction of sp³-hybridized carbons (Fsp3) is 0.250. The van der Waals surface area contributed by atoms with Crippen molar-refractivity contribution < 1.29 is 27.0 Å². The molecule has 0 aromatic heterocycles. The van der Waals surface area contributed by atoms with Crippen LogP contribution in [0.3, 0.4) is 0 Å². The van der Waals surface area contributed by atoms with Crippen LogP contribution in [0.5, 0.6) is 11.5 Å². The molecule has 0 atom stereocenters. The molecule has 0 bridgehead atoms. The van der Waals surface area contributed by atoms with Crippen molar-refractivity contribution in [2.75, 3.05) is 13.2 Å². The number of hydrogen-bond acceptors (Lipinski definition) is 2. The molecule has 0 spiro atoms. The molecule has 0 heterocycles. The van der Waals surface area contributed by atoms with Gasteiger partial charge in [-0.05, 0) is 70.2 Å². The molecule has 2 aromatic carbocycles. The maximum Gasteiger partial charge on any atom is 0.162 e. The van der Waals surface area contributed by atoms with Gasteiger partial charge in [-0.1, -0.05) is 0 Å². The van der Waals surface area contributed by atoms with Crippen LogP contribution in [0.2, 0.25) is 0 Å². The first kappa shape index (κ1) is 19.5. The molecule has 24 heavy (non-hydrogen) atoms. The zero-order chi connectivity index (χ0) is 17.7. The highest BCUT2D eigenvalue weighted by Gasteiger charge is 2.10. The van der Waals surface area contributed by atoms with Crippen molar-refractivity contribution in [3.05, 3.63) is 54.7 Å². The predicted octanol–water partition coefficient (Wildman–Crippen LogP) is 5.69. The SMILES string of the molecule is Fc1cc(I)c(OCCCCOc2cc(F)c(F)cc2I)cc1F. The van der Waals surface area contributed by atoms with Crippen LogP contribution in [-0.4, -0.2) is 13.2 Å². The van der Waals surface area contributed by atoms with Gasteiger partial charge in [0.15, 0.2) is 23.3 Å². The van der Waals surface area contributed by atoms with Gasteiger partial charge in [0.2, 0.25) is 0 Å². The minimum atomic E-state index is -0.957. The number of ether oxygens (including phenoxy) is 2. The maximum atomic E-state index is 13.1. The maximum absolute atomic E-state index is 13.1. The van der Waals surface area contributed by atoms with Crippen LogP contribution in [0.15, 0.2) is 24.3 Å². The van der Waals surface area contributed by atoms with Gasteiger partial charge >= 0.3 is 0 Å². The third-order valence-electron chi connectivity index (χ3n) is 3.00. The highest BCUT2D eigenvalue weighted by molar-refractivity contribution is 14.1. The van der Waals surface area contributed by atoms with E-state index in [2.05, 4.69) is 0 Å². The van der Waals surface area contributed by atoms with E-state index in [4.69, 9.17) is 9.47 Å². The lowest BCUT2D eigenvalue weighted by Crippen LogP contribution is -2.05. The molecule has 0 saturated carbocycles. The fourth-order valence-corrected chi connectivity index (χ4v) is 2.97. The zero-order valence-corrected chi connectivity index (χ0v) is 16.5. The first-order valence-electron chi connectivity index (χ1n) is 6.93. The normalized spacial score (nSPS) is 10.8. The zero-order valence-electron chi connectivity index (χ0n) is 12.2. The summed E-state index contributed by atoms with van der Waals surface area (Å²) in [6.45, 7) is 0.610. The summed E-state index contributed by atoms with van der Waals surface area (Å²) in [6.07, 6.45) is 1.21. The number of benzene rings is 2. The minimum absolute atomic E-state index is 0.283. The number of hydrogen-bond donors (Lipinski definition) is 0. The van der Waals surface area contributed by atoms with Crippen molar-refractivity contribution in [2.45, 2.75) is 12.8 Å². The largest absolute Gasteiger partial charge is 0.492 e. The minimum Gasteiger partial charge on any atom is -0.492 e. The molecule has 2 rings (SSSR count). The molecule has 0 aliphatic carbocycles. The molecule has 130 valence electrons. The predicted molar refractivity (Wildman–Crippen MR) is 98.4 cm³/mol. The summed E-state index contributed by atoms with van der Waals surface area (Å²) >= 11 is 3.73. The van der Waals surface area contributed by atoms with Crippen LogP contribution in [0.4, 0.5) is 17.6 Å². The molecule has 8 heteroatoms. The molecule has 0 aliphatic heterocycles. The molecule has 0 fully saturated rings. The number of halogens is 6. The van der Waals surface area contributed by atoms with Crippen molar-refractivity contribution in [1.29, 1.82) is 0 Å². The van der Waals surface area contributed by atoms with Gasteiger partial charge in [-0.3, -0.25) is 0 Å². The summed E-state index contributed by atoms with van der Waals surface area (Å²) < 4.78 is 64.0. The van der Waals surface area contributed by atoms with Crippen LogP contribution in [0, 0.1) is 30.4 Å². The Hall–Kier alpha value is -0.780. The van der Waals surface area contributed by atoms with Gasteiger partial charge in [-0.25, -0.2) is 17.6 Å². The lowest BCUT2D eigenvalue weighted by molar-refractivity contribution is 0.262. The Bertz CT molecular complexity index is 664. The standard InChI is InChI=1S/C16H12F4I2O2/c17-9-5-13(21)15(7-11(9)19)23-3-1-2-4-24-16-8-12(20)10(18)6-14(16)22/h5-8H,1-4H2. The Labute approximate surface area is 163 Å². The molecule has 0 N–H and O–H groups in total. The summed E-state index contributed by atoms with van der Waals surface area (Å²) in [6, 6.07) is 4.16. The summed E-state index contributed by atoms with van der Waals surface area (Å²) in [7, 11) is 0. The average molecular weight is 566 g/mol. The van der Waals surface area contributed by atoms with E-state index in [-0.39, 0.29) is 11.5 Å². The van der Waals surface area contributed by atoms with E-state index in [1.165, 1.54) is 0 Å². The van der Waals surface area contributed by atoms with Crippen molar-refractivity contribution in [3.8, 4) is 11.5 Å². The van der Waals surface area contributed by atoms with Crippen LogP contribution < -0.4 is 9.47 Å². The van der Waals surface area contributed by atoms with Gasteiger partial charge in [0.05, 0.1) is 20.4 Å². The van der Waals surface area contributed by atoms with Gasteiger partial charge in [-0.2, -0.15) is 0 Å². The highest BCUT2D eigenvalue weighted by Crippen LogP contribution is 2.25. The molecule has 0 amide bonds. The third kappa shape index (κ3) is 5.36. The second-order valence-corrected chi connectivity index (χ2v) is 7.12. The monoisotopic (exact) mass is 566 g/mol. The summed E-state index contributed by atoms with van der Waals surface area (Å²) in [5.41, 5.74) is 0. The Morgan fingerprint density at radius 2 is 0.958 bits per heavy atom. The number of rotatable bonds is 7. The molecule has 2 aromatic rings. The third-order valence-corrected chi connectivity index (χ3v) is 4.69. The molecule has 0 unspecified atom stereocenters. The van der Waals surface area contributed by atoms with E-state index in [1.54, 1.807) is 0 Å². The molecular formula is C16H12F4I2O2. The van der Waals surface area contributed by atoms with Gasteiger partial charge in [0.25, 0.3) is 0 Å². The lowest BCUT2D eigenvalue weighted by atomic mass is 10.3. The average Bonchev–Trinajstić information content (AvgIpc) is 2.52. The Morgan fingerprint density at radius 3 is 1.33 bits per heavy atom. The van der Waals surface area contributed by atoms with Gasteiger partial charge in [0, 0.05) is 12.1 Å². The van der Waals surface area contributed by atoms with E-state index in [9.17, 15) is 17.6 Å². The first-order chi connectivity index (χ1) is 11.4. The van der Waals surface area contributed by atoms with Gasteiger partial charge < -0.3 is 9.47 Å². The molecule has 2 nitrogen and oxygen atoms in total. The molecule has 0 radical (unpaired) electrons. The molecule has 0 aliphatic rings. The number of unbranched alkanes of at least 4 members (excludes halogenated alkanes) is 1. The second-order valence-electron chi connectivity index (χ2n) is 4.80. The van der Waals surface area contributed by atoms with Crippen molar-refractivity contribution >= 4 is 45.2 Å². The van der Waals surface area contributed by atoms with E-state index in [0.29, 0.717) is 33.2 Å². The van der Waals surface area contributed by atoms with Crippen LogP contribution in [0.1, 0.15) is 12.8 Å². The Balaban J connectivity index is 1.74. The van der Waals surface area contributed by atoms with Crippen molar-refractivity contribution in [1.82, 2.24) is 0 Å². The molecular weight excluding hydrogens is 554 g/mol. The fourth-order valence-electron chi connectivity index (χ4n) is 1.80. The van der Waals surface area contributed by atoms with E-state index >= 15 is 0 Å². The van der Waals surface area contributed by atoms with E-state index < -0.39 is 23.3 Å². The summed E-state index contributed by atoms with van der Waals surface area (Å²) in [5.74, 6) is -3.18. The Morgan fingerprint density at radius 1 is 0.625 bits per heavy atom. The second kappa shape index (κ2) is 9.07. The Kier molecular flexibility index (Phi) is 7.38. The lowest BCUT2D eigenvalue weighted by Gasteiger charge is -2.10. The smallest absolute Gasteiger partial charge is 0.162 e. The van der Waals surface area contributed by atoms with E-state index in [1.807, 2.05) is 45.2 Å². The van der Waals surface area contributed by atoms with Gasteiger partial charge in [0.1, 0.15) is 11.5 Å². The van der Waals surface area contributed by atoms with E-state index in [0.717, 1.165) is 24.3 Å². The van der Waals surface area contributed by atoms with Crippen LogP contribution in [-0.2, 0) is 0 Å². The summed E-state index contributed by atoms with van der Waals surface area (Å²) in [5, 5.41) is 0. The quantitative estimate of drug-likeness (QED) is 0.186. The van der Waals surface area contributed by atoms with Gasteiger partial charge in [-0.15, -0.1) is 0 Å². The topological polar surface area (TPSA) is 18.5 Å². The molecule has 0 saturated heterocycles. The highest BCUT2D eigenvalue weighted by atomic mass is 127. The van der Waals surface area contributed by atoms with Crippen LogP contribution >= 0.6 is 45.2 Å². The van der Waals surface area contributed by atoms with Crippen LogP contribution in [0.25, 0.3) is 0 Å². The summed E-state index contributed by atoms with van der Waals surface area (Å²) in [4.78, 5) is 0. The van der Waals surface area contributed by atoms with Crippen molar-refractivity contribution in [2.24, 2.45) is 0 Å².